The summed E-state index contributed by atoms with van der Waals surface area (Å²) < 4.78 is 0. The van der Waals surface area contributed by atoms with Crippen molar-refractivity contribution >= 4 is 28.9 Å². The third-order valence-corrected chi connectivity index (χ3v) is 1.42. The van der Waals surface area contributed by atoms with E-state index in [0.717, 1.165) is 5.01 Å². The second kappa shape index (κ2) is 3.60. The second-order valence-corrected chi connectivity index (χ2v) is 2.45. The molecule has 0 aliphatic heterocycles. The Morgan fingerprint density at radius 1 is 1.56 bits per heavy atom. The Bertz CT molecular complexity index is 176. The number of hydrogen-bond donors (Lipinski definition) is 2. The van der Waals surface area contributed by atoms with Gasteiger partial charge in [0.25, 0.3) is 0 Å². The first-order valence-corrected chi connectivity index (χ1v) is 2.91. The molecule has 1 rings (SSSR count). The Balaban J connectivity index is 0.000000640. The minimum atomic E-state index is 0. The van der Waals surface area contributed by atoms with E-state index in [2.05, 4.69) is 15.6 Å². The van der Waals surface area contributed by atoms with Crippen LogP contribution >= 0.6 is 23.7 Å². The molecule has 0 atom stereocenters. The smallest absolute Gasteiger partial charge is 0.219 e. The molecule has 0 aromatic carbocycles. The first-order valence-electron chi connectivity index (χ1n) is 2.09. The second-order valence-electron chi connectivity index (χ2n) is 1.27. The number of nitrogens with zero attached hydrogens (tertiary/aromatic N) is 2. The Kier molecular flexibility index (Phi) is 3.44. The standard InChI is InChI=1S/C3H6N4S.ClH/c1-2-6-7-3(5-4)8-2;/h4H2,1H3,(H,5,7);1H. The van der Waals surface area contributed by atoms with Gasteiger partial charge in [0.05, 0.1) is 0 Å². The van der Waals surface area contributed by atoms with Crippen molar-refractivity contribution in [2.75, 3.05) is 5.43 Å². The first kappa shape index (κ1) is 8.61. The number of nitrogens with two attached hydrogens (primary N) is 1. The van der Waals surface area contributed by atoms with Crippen molar-refractivity contribution in [1.29, 1.82) is 0 Å². The summed E-state index contributed by atoms with van der Waals surface area (Å²) in [5.41, 5.74) is 2.39. The number of hydrazine groups is 1. The molecule has 9 heavy (non-hydrogen) atoms. The number of aromatic nitrogens is 2. The lowest BCUT2D eigenvalue weighted by atomic mass is 10.9. The molecule has 52 valence electrons. The van der Waals surface area contributed by atoms with Gasteiger partial charge >= 0.3 is 0 Å². The van der Waals surface area contributed by atoms with Gasteiger partial charge in [-0.25, -0.2) is 5.84 Å². The molecule has 0 radical (unpaired) electrons. The third-order valence-electron chi connectivity index (χ3n) is 0.650. The average molecular weight is 167 g/mol. The number of aryl methyl sites for hydroxylation is 1. The number of nitrogens with one attached hydrogen (secondary N) is 1. The highest BCUT2D eigenvalue weighted by Crippen LogP contribution is 2.10. The zero-order valence-corrected chi connectivity index (χ0v) is 6.42. The summed E-state index contributed by atoms with van der Waals surface area (Å²) in [5.74, 6) is 5.02. The third kappa shape index (κ3) is 2.13. The molecule has 6 heteroatoms. The molecule has 0 bridgehead atoms. The minimum Gasteiger partial charge on any atom is -0.298 e. The maximum atomic E-state index is 5.02. The molecule has 0 saturated heterocycles. The molecule has 0 amide bonds. The van der Waals surface area contributed by atoms with Gasteiger partial charge in [-0.15, -0.1) is 22.6 Å². The van der Waals surface area contributed by atoms with Crippen molar-refractivity contribution in [2.24, 2.45) is 5.84 Å². The van der Waals surface area contributed by atoms with Gasteiger partial charge in [0.1, 0.15) is 5.01 Å². The van der Waals surface area contributed by atoms with Crippen molar-refractivity contribution < 1.29 is 0 Å². The first-order chi connectivity index (χ1) is 3.83. The van der Waals surface area contributed by atoms with Gasteiger partial charge in [0.2, 0.25) is 5.13 Å². The summed E-state index contributed by atoms with van der Waals surface area (Å²) >= 11 is 1.43. The van der Waals surface area contributed by atoms with E-state index in [-0.39, 0.29) is 12.4 Å². The van der Waals surface area contributed by atoms with Crippen molar-refractivity contribution in [3.63, 3.8) is 0 Å². The maximum absolute atomic E-state index is 5.02. The number of nitrogen functional groups attached to an aromatic ring is 1. The van der Waals surface area contributed by atoms with Gasteiger partial charge < -0.3 is 0 Å². The van der Waals surface area contributed by atoms with E-state index in [1.807, 2.05) is 6.92 Å². The molecule has 0 spiro atoms. The monoisotopic (exact) mass is 166 g/mol. The van der Waals surface area contributed by atoms with Crippen LogP contribution in [0.25, 0.3) is 0 Å². The van der Waals surface area contributed by atoms with Crippen LogP contribution in [-0.4, -0.2) is 10.2 Å². The molecular weight excluding hydrogens is 160 g/mol. The van der Waals surface area contributed by atoms with Gasteiger partial charge in [0, 0.05) is 0 Å². The highest BCUT2D eigenvalue weighted by molar-refractivity contribution is 7.15. The maximum Gasteiger partial charge on any atom is 0.219 e. The average Bonchev–Trinajstić information content (AvgIpc) is 2.14. The summed E-state index contributed by atoms with van der Waals surface area (Å²) in [4.78, 5) is 0. The largest absolute Gasteiger partial charge is 0.298 e. The number of anilines is 1. The topological polar surface area (TPSA) is 63.8 Å². The van der Waals surface area contributed by atoms with Gasteiger partial charge in [-0.05, 0) is 6.92 Å². The molecule has 4 nitrogen and oxygen atoms in total. The van der Waals surface area contributed by atoms with Crippen LogP contribution in [0.15, 0.2) is 0 Å². The van der Waals surface area contributed by atoms with Crippen LogP contribution < -0.4 is 11.3 Å². The van der Waals surface area contributed by atoms with E-state index in [9.17, 15) is 0 Å². The number of hydrogen-bond acceptors (Lipinski definition) is 5. The van der Waals surface area contributed by atoms with Crippen molar-refractivity contribution in [3.8, 4) is 0 Å². The zero-order chi connectivity index (χ0) is 5.98. The van der Waals surface area contributed by atoms with Gasteiger partial charge in [-0.2, -0.15) is 0 Å². The fraction of sp³-hybridized carbons (Fsp3) is 0.333. The molecule has 0 unspecified atom stereocenters. The SMILES string of the molecule is Cc1nnc(NN)s1.Cl. The zero-order valence-electron chi connectivity index (χ0n) is 4.79. The molecule has 3 N–H and O–H groups in total. The summed E-state index contributed by atoms with van der Waals surface area (Å²) in [6, 6.07) is 0. The summed E-state index contributed by atoms with van der Waals surface area (Å²) in [6.45, 7) is 1.87. The Labute approximate surface area is 62.9 Å². The van der Waals surface area contributed by atoms with Crippen LogP contribution in [0.4, 0.5) is 5.13 Å². The molecular formula is C3H7ClN4S. The van der Waals surface area contributed by atoms with Crippen LogP contribution in [0.2, 0.25) is 0 Å². The van der Waals surface area contributed by atoms with Crippen LogP contribution in [0, 0.1) is 6.92 Å². The summed E-state index contributed by atoms with van der Waals surface area (Å²) in [5, 5.41) is 8.95. The van der Waals surface area contributed by atoms with E-state index in [0.29, 0.717) is 5.13 Å². The van der Waals surface area contributed by atoms with E-state index >= 15 is 0 Å². The van der Waals surface area contributed by atoms with Crippen molar-refractivity contribution in [3.05, 3.63) is 5.01 Å². The lowest BCUT2D eigenvalue weighted by Gasteiger charge is -1.83. The molecule has 0 aliphatic rings. The van der Waals surface area contributed by atoms with E-state index in [4.69, 9.17) is 5.84 Å². The number of halogens is 1. The van der Waals surface area contributed by atoms with Gasteiger partial charge in [-0.1, -0.05) is 11.3 Å². The lowest BCUT2D eigenvalue weighted by Crippen LogP contribution is -2.05. The van der Waals surface area contributed by atoms with Crippen LogP contribution in [-0.2, 0) is 0 Å². The van der Waals surface area contributed by atoms with E-state index in [1.54, 1.807) is 0 Å². The summed E-state index contributed by atoms with van der Waals surface area (Å²) in [7, 11) is 0. The fourth-order valence-corrected chi connectivity index (χ4v) is 0.857. The molecule has 1 aromatic rings. The highest BCUT2D eigenvalue weighted by atomic mass is 35.5. The van der Waals surface area contributed by atoms with E-state index in [1.165, 1.54) is 11.3 Å². The number of rotatable bonds is 1. The molecule has 0 aliphatic carbocycles. The fourth-order valence-electron chi connectivity index (χ4n) is 0.355. The van der Waals surface area contributed by atoms with Crippen LogP contribution in [0.5, 0.6) is 0 Å². The Morgan fingerprint density at radius 2 is 2.22 bits per heavy atom. The van der Waals surface area contributed by atoms with Crippen LogP contribution in [0.1, 0.15) is 5.01 Å². The molecule has 1 aromatic heterocycles. The predicted molar refractivity (Wildman–Crippen MR) is 39.7 cm³/mol. The summed E-state index contributed by atoms with van der Waals surface area (Å²) in [6.07, 6.45) is 0. The predicted octanol–water partition coefficient (Wildman–Crippen LogP) is 0.554. The quantitative estimate of drug-likeness (QED) is 0.473. The van der Waals surface area contributed by atoms with Crippen molar-refractivity contribution in [2.45, 2.75) is 6.92 Å². The van der Waals surface area contributed by atoms with E-state index < -0.39 is 0 Å². The Hall–Kier alpha value is -0.390. The van der Waals surface area contributed by atoms with Crippen molar-refractivity contribution in [1.82, 2.24) is 10.2 Å². The highest BCUT2D eigenvalue weighted by Gasteiger charge is 1.93. The molecule has 0 fully saturated rings. The van der Waals surface area contributed by atoms with Crippen LogP contribution in [0.3, 0.4) is 0 Å². The molecule has 1 heterocycles. The minimum absolute atomic E-state index is 0. The Morgan fingerprint density at radius 3 is 2.44 bits per heavy atom. The lowest BCUT2D eigenvalue weighted by molar-refractivity contribution is 1.04. The van der Waals surface area contributed by atoms with Gasteiger partial charge in [0.15, 0.2) is 0 Å². The van der Waals surface area contributed by atoms with Gasteiger partial charge in [-0.3, -0.25) is 5.43 Å². The molecule has 0 saturated carbocycles. The normalized spacial score (nSPS) is 8.22.